The minimum Gasteiger partial charge on any atom is -0.477 e. The Bertz CT molecular complexity index is 1010. The Morgan fingerprint density at radius 1 is 0.566 bits per heavy atom. The molecule has 0 aliphatic heterocycles. The first-order chi connectivity index (χ1) is 25.6. The number of allylic oxidation sites excluding steroid dienone is 8. The molecule has 0 amide bonds. The zero-order valence-electron chi connectivity index (χ0n) is 34.7. The average Bonchev–Trinajstić information content (AvgIpc) is 3.11. The Hall–Kier alpha value is -2.71. The van der Waals surface area contributed by atoms with E-state index in [2.05, 4.69) is 62.5 Å². The molecule has 306 valence electrons. The van der Waals surface area contributed by atoms with E-state index in [4.69, 9.17) is 14.2 Å². The number of ether oxygens (including phenoxy) is 3. The second kappa shape index (κ2) is 36.3. The van der Waals surface area contributed by atoms with Gasteiger partial charge >= 0.3 is 17.9 Å². The number of carboxylic acid groups (broad SMARTS) is 1. The van der Waals surface area contributed by atoms with Gasteiger partial charge in [-0.05, 0) is 57.8 Å². The monoisotopic (exact) mass is 747 g/mol. The van der Waals surface area contributed by atoms with Crippen LogP contribution in [0.3, 0.4) is 0 Å². The molecule has 0 radical (unpaired) electrons. The fraction of sp³-hybridized carbons (Fsp3) is 0.756. The quantitative estimate of drug-likeness (QED) is 0.0222. The summed E-state index contributed by atoms with van der Waals surface area (Å²) in [5, 5.41) is 9.60. The van der Waals surface area contributed by atoms with Gasteiger partial charge < -0.3 is 23.8 Å². The first kappa shape index (κ1) is 50.3. The minimum atomic E-state index is -0.882. The highest BCUT2D eigenvalue weighted by molar-refractivity contribution is 5.72. The lowest BCUT2D eigenvalue weighted by Crippen LogP contribution is -2.50. The lowest BCUT2D eigenvalue weighted by molar-refractivity contribution is -0.887. The Morgan fingerprint density at radius 2 is 1.04 bits per heavy atom. The Kier molecular flexibility index (Phi) is 34.4. The summed E-state index contributed by atoms with van der Waals surface area (Å²) in [6, 6.07) is -0.620. The highest BCUT2D eigenvalue weighted by Gasteiger charge is 2.31. The van der Waals surface area contributed by atoms with E-state index in [0.717, 1.165) is 77.0 Å². The van der Waals surface area contributed by atoms with Gasteiger partial charge in [-0.3, -0.25) is 9.59 Å². The van der Waals surface area contributed by atoms with Crippen molar-refractivity contribution in [2.75, 3.05) is 41.0 Å². The van der Waals surface area contributed by atoms with Crippen LogP contribution in [0.5, 0.6) is 0 Å². The molecular weight excluding hydrogens is 666 g/mol. The third-order valence-electron chi connectivity index (χ3n) is 9.26. The van der Waals surface area contributed by atoms with Crippen LogP contribution in [0.4, 0.5) is 0 Å². The molecule has 0 bridgehead atoms. The summed E-state index contributed by atoms with van der Waals surface area (Å²) in [5.74, 6) is -1.51. The number of rotatable bonds is 37. The molecule has 8 nitrogen and oxygen atoms in total. The van der Waals surface area contributed by atoms with E-state index >= 15 is 0 Å². The summed E-state index contributed by atoms with van der Waals surface area (Å²) in [6.07, 6.45) is 41.5. The van der Waals surface area contributed by atoms with Crippen molar-refractivity contribution in [2.24, 2.45) is 0 Å². The number of nitrogens with zero attached hydrogens (tertiary/aromatic N) is 1. The van der Waals surface area contributed by atoms with Gasteiger partial charge in [-0.15, -0.1) is 0 Å². The van der Waals surface area contributed by atoms with Crippen LogP contribution in [-0.4, -0.2) is 80.6 Å². The number of carbonyl (C=O) groups excluding carboxylic acids is 2. The molecule has 0 aliphatic rings. The molecule has 1 N–H and O–H groups in total. The van der Waals surface area contributed by atoms with Crippen LogP contribution in [-0.2, 0) is 28.6 Å². The predicted molar refractivity (Wildman–Crippen MR) is 220 cm³/mol. The lowest BCUT2D eigenvalue weighted by Gasteiger charge is -2.31. The molecular formula is C45H80NO7+. The molecule has 8 heteroatoms. The van der Waals surface area contributed by atoms with E-state index in [-0.39, 0.29) is 36.2 Å². The van der Waals surface area contributed by atoms with Crippen molar-refractivity contribution in [2.45, 2.75) is 180 Å². The largest absolute Gasteiger partial charge is 0.477 e. The third-order valence-corrected chi connectivity index (χ3v) is 9.26. The number of carbonyl (C=O) groups is 3. The number of carboxylic acids is 1. The highest BCUT2D eigenvalue weighted by Crippen LogP contribution is 2.13. The molecule has 2 unspecified atom stereocenters. The molecule has 0 fully saturated rings. The van der Waals surface area contributed by atoms with Crippen LogP contribution < -0.4 is 0 Å². The molecule has 0 spiro atoms. The minimum absolute atomic E-state index is 0.0491. The van der Waals surface area contributed by atoms with Crippen molar-refractivity contribution in [1.29, 1.82) is 0 Å². The van der Waals surface area contributed by atoms with E-state index < -0.39 is 18.1 Å². The van der Waals surface area contributed by atoms with Crippen LogP contribution in [0, 0.1) is 0 Å². The Balaban J connectivity index is 4.42. The molecule has 0 saturated heterocycles. The zero-order chi connectivity index (χ0) is 39.3. The standard InChI is InChI=1S/C45H79NO7/c1-6-8-10-12-14-16-18-19-20-21-22-23-24-26-28-30-32-34-36-44(48)53-41(39-51-38-37-42(45(49)50)46(3,4)5)40-52-43(47)35-33-31-29-27-25-17-15-13-11-9-7-2/h13,15,18-23,41-42H,6-12,14,16-17,24-40H2,1-5H3/p+1/b15-13+,19-18+,21-20+,23-22+. The Labute approximate surface area is 325 Å². The van der Waals surface area contributed by atoms with Crippen molar-refractivity contribution < 1.29 is 38.2 Å². The summed E-state index contributed by atoms with van der Waals surface area (Å²) in [4.78, 5) is 36.9. The first-order valence-electron chi connectivity index (χ1n) is 21.2. The van der Waals surface area contributed by atoms with E-state index in [1.165, 1.54) is 57.8 Å². The topological polar surface area (TPSA) is 99.1 Å². The Morgan fingerprint density at radius 3 is 1.57 bits per heavy atom. The van der Waals surface area contributed by atoms with Crippen LogP contribution >= 0.6 is 0 Å². The number of quaternary nitrogens is 1. The van der Waals surface area contributed by atoms with Gasteiger partial charge in [0.2, 0.25) is 0 Å². The van der Waals surface area contributed by atoms with Crippen molar-refractivity contribution in [3.8, 4) is 0 Å². The van der Waals surface area contributed by atoms with E-state index in [0.29, 0.717) is 19.3 Å². The highest BCUT2D eigenvalue weighted by atomic mass is 16.6. The fourth-order valence-electron chi connectivity index (χ4n) is 5.90. The van der Waals surface area contributed by atoms with Gasteiger partial charge in [-0.2, -0.15) is 0 Å². The number of hydrogen-bond acceptors (Lipinski definition) is 6. The molecule has 0 heterocycles. The summed E-state index contributed by atoms with van der Waals surface area (Å²) < 4.78 is 17.2. The van der Waals surface area contributed by atoms with E-state index in [1.807, 2.05) is 21.1 Å². The van der Waals surface area contributed by atoms with E-state index in [1.54, 1.807) is 0 Å². The van der Waals surface area contributed by atoms with Gasteiger partial charge in [0.25, 0.3) is 0 Å². The predicted octanol–water partition coefficient (Wildman–Crippen LogP) is 11.2. The number of esters is 2. The number of unbranched alkanes of at least 4 members (excludes halogenated alkanes) is 17. The molecule has 0 saturated carbocycles. The van der Waals surface area contributed by atoms with E-state index in [9.17, 15) is 19.5 Å². The van der Waals surface area contributed by atoms with Gasteiger partial charge in [0.05, 0.1) is 34.4 Å². The second-order valence-electron chi connectivity index (χ2n) is 15.3. The molecule has 0 aromatic carbocycles. The second-order valence-corrected chi connectivity index (χ2v) is 15.3. The van der Waals surface area contributed by atoms with Gasteiger partial charge in [0.1, 0.15) is 6.61 Å². The summed E-state index contributed by atoms with van der Waals surface area (Å²) in [7, 11) is 5.51. The molecule has 0 aromatic rings. The molecule has 0 aromatic heterocycles. The van der Waals surface area contributed by atoms with Gasteiger partial charge in [0, 0.05) is 19.3 Å². The van der Waals surface area contributed by atoms with Crippen molar-refractivity contribution >= 4 is 17.9 Å². The average molecular weight is 747 g/mol. The maximum Gasteiger partial charge on any atom is 0.362 e. The maximum absolute atomic E-state index is 12.7. The molecule has 53 heavy (non-hydrogen) atoms. The van der Waals surface area contributed by atoms with Crippen molar-refractivity contribution in [1.82, 2.24) is 0 Å². The SMILES string of the molecule is CCCC/C=C/CCCCCCCC(=O)OCC(COCCC(C(=O)O)[N+](C)(C)C)OC(=O)CCCCCCC/C=C/C=C/C=C/CCCCCCC. The first-order valence-corrected chi connectivity index (χ1v) is 21.2. The van der Waals surface area contributed by atoms with Crippen LogP contribution in [0.15, 0.2) is 48.6 Å². The van der Waals surface area contributed by atoms with Crippen LogP contribution in [0.2, 0.25) is 0 Å². The zero-order valence-corrected chi connectivity index (χ0v) is 34.7. The fourth-order valence-corrected chi connectivity index (χ4v) is 5.90. The lowest BCUT2D eigenvalue weighted by atomic mass is 10.1. The number of hydrogen-bond donors (Lipinski definition) is 1. The molecule has 0 aliphatic carbocycles. The van der Waals surface area contributed by atoms with Gasteiger partial charge in [0.15, 0.2) is 12.1 Å². The van der Waals surface area contributed by atoms with Gasteiger partial charge in [-0.1, -0.05) is 140 Å². The smallest absolute Gasteiger partial charge is 0.362 e. The molecule has 2 atom stereocenters. The molecule has 0 rings (SSSR count). The maximum atomic E-state index is 12.7. The number of likely N-dealkylation sites (N-methyl/N-ethyl adjacent to an activating group) is 1. The summed E-state index contributed by atoms with van der Waals surface area (Å²) in [5.41, 5.74) is 0. The third kappa shape index (κ3) is 34.8. The van der Waals surface area contributed by atoms with Crippen LogP contribution in [0.1, 0.15) is 168 Å². The van der Waals surface area contributed by atoms with Crippen LogP contribution in [0.25, 0.3) is 0 Å². The van der Waals surface area contributed by atoms with Crippen molar-refractivity contribution in [3.05, 3.63) is 48.6 Å². The van der Waals surface area contributed by atoms with Crippen molar-refractivity contribution in [3.63, 3.8) is 0 Å². The number of aliphatic carboxylic acids is 1. The summed E-state index contributed by atoms with van der Waals surface area (Å²) in [6.45, 7) is 4.64. The normalized spacial score (nSPS) is 13.5. The van der Waals surface area contributed by atoms with Gasteiger partial charge in [-0.25, -0.2) is 4.79 Å². The summed E-state index contributed by atoms with van der Waals surface area (Å²) >= 11 is 0.